The number of likely N-dealkylation sites (N-methyl/N-ethyl adjacent to an activating group) is 1. The summed E-state index contributed by atoms with van der Waals surface area (Å²) in [5, 5.41) is 0.633. The molecule has 174 valence electrons. The van der Waals surface area contributed by atoms with E-state index in [1.807, 2.05) is 24.3 Å². The summed E-state index contributed by atoms with van der Waals surface area (Å²) in [6, 6.07) is 17.8. The van der Waals surface area contributed by atoms with Gasteiger partial charge < -0.3 is 23.5 Å². The first kappa shape index (κ1) is 22.8. The molecule has 4 rings (SSSR count). The van der Waals surface area contributed by atoms with Gasteiger partial charge in [0.25, 0.3) is 5.91 Å². The molecule has 4 aromatic rings. The molecule has 8 nitrogen and oxygen atoms in total. The highest BCUT2D eigenvalue weighted by atomic mass is 16.5. The molecule has 0 aliphatic carbocycles. The minimum Gasteiger partial charge on any atom is -0.493 e. The number of methoxy groups -OCH3 is 2. The fourth-order valence-electron chi connectivity index (χ4n) is 3.53. The van der Waals surface area contributed by atoms with Crippen LogP contribution in [0, 0.1) is 0 Å². The van der Waals surface area contributed by atoms with E-state index in [1.54, 1.807) is 57.7 Å². The molecule has 2 heterocycles. The van der Waals surface area contributed by atoms with Gasteiger partial charge in [-0.05, 0) is 42.5 Å². The number of amides is 1. The van der Waals surface area contributed by atoms with Gasteiger partial charge in [0.05, 0.1) is 43.8 Å². The van der Waals surface area contributed by atoms with Gasteiger partial charge in [-0.2, -0.15) is 0 Å². The summed E-state index contributed by atoms with van der Waals surface area (Å²) in [4.78, 5) is 31.6. The van der Waals surface area contributed by atoms with Gasteiger partial charge in [-0.15, -0.1) is 0 Å². The number of aromatic nitrogens is 1. The van der Waals surface area contributed by atoms with E-state index >= 15 is 0 Å². The highest BCUT2D eigenvalue weighted by Crippen LogP contribution is 2.33. The Kier molecular flexibility index (Phi) is 6.77. The van der Waals surface area contributed by atoms with Crippen LogP contribution in [0.15, 0.2) is 71.3 Å². The third-order valence-electron chi connectivity index (χ3n) is 5.34. The van der Waals surface area contributed by atoms with Crippen LogP contribution in [0.3, 0.4) is 0 Å². The molecule has 0 radical (unpaired) electrons. The van der Waals surface area contributed by atoms with Crippen molar-refractivity contribution in [3.63, 3.8) is 0 Å². The third-order valence-corrected chi connectivity index (χ3v) is 5.34. The van der Waals surface area contributed by atoms with Crippen LogP contribution in [0.4, 0.5) is 0 Å². The van der Waals surface area contributed by atoms with Crippen molar-refractivity contribution in [2.24, 2.45) is 0 Å². The zero-order chi connectivity index (χ0) is 24.1. The average molecular weight is 460 g/mol. The molecule has 2 aromatic heterocycles. The molecule has 0 N–H and O–H groups in total. The molecular formula is C26H24N2O6. The van der Waals surface area contributed by atoms with Crippen LogP contribution in [0.5, 0.6) is 11.5 Å². The quantitative estimate of drug-likeness (QED) is 0.362. The zero-order valence-electron chi connectivity index (χ0n) is 19.1. The Morgan fingerprint density at radius 2 is 1.76 bits per heavy atom. The number of nitrogens with zero attached hydrogens (tertiary/aromatic N) is 2. The van der Waals surface area contributed by atoms with Crippen molar-refractivity contribution in [2.45, 2.75) is 6.54 Å². The molecule has 0 aliphatic heterocycles. The van der Waals surface area contributed by atoms with Crippen molar-refractivity contribution >= 4 is 22.8 Å². The van der Waals surface area contributed by atoms with Crippen molar-refractivity contribution in [3.8, 4) is 22.8 Å². The molecule has 0 unspecified atom stereocenters. The molecular weight excluding hydrogens is 436 g/mol. The molecule has 0 fully saturated rings. The van der Waals surface area contributed by atoms with Crippen molar-refractivity contribution in [1.29, 1.82) is 0 Å². The Balaban J connectivity index is 1.59. The van der Waals surface area contributed by atoms with E-state index in [4.69, 9.17) is 23.6 Å². The van der Waals surface area contributed by atoms with Gasteiger partial charge in [0.1, 0.15) is 5.76 Å². The molecule has 0 saturated carbocycles. The molecule has 34 heavy (non-hydrogen) atoms. The Bertz CT molecular complexity index is 1320. The van der Waals surface area contributed by atoms with Gasteiger partial charge in [-0.3, -0.25) is 4.79 Å². The molecule has 1 amide bonds. The lowest BCUT2D eigenvalue weighted by molar-refractivity contribution is -0.133. The summed E-state index contributed by atoms with van der Waals surface area (Å²) in [5.41, 5.74) is 2.25. The number of benzene rings is 2. The standard InChI is InChI=1S/C26H24N2O6/c1-28(15-18-7-6-12-33-18)25(29)16-34-26(30)20-14-22(27-21-9-5-4-8-19(20)21)17-10-11-23(31-2)24(13-17)32-3/h4-14H,15-16H2,1-3H3. The largest absolute Gasteiger partial charge is 0.493 e. The van der Waals surface area contributed by atoms with Crippen LogP contribution in [0.25, 0.3) is 22.2 Å². The SMILES string of the molecule is COc1ccc(-c2cc(C(=O)OCC(=O)N(C)Cc3ccco3)c3ccccc3n2)cc1OC. The smallest absolute Gasteiger partial charge is 0.339 e. The molecule has 0 saturated heterocycles. The number of furan rings is 1. The number of esters is 1. The zero-order valence-corrected chi connectivity index (χ0v) is 19.1. The summed E-state index contributed by atoms with van der Waals surface area (Å²) >= 11 is 0. The summed E-state index contributed by atoms with van der Waals surface area (Å²) in [6.07, 6.45) is 1.54. The molecule has 2 aromatic carbocycles. The average Bonchev–Trinajstić information content (AvgIpc) is 3.38. The number of carbonyl (C=O) groups excluding carboxylic acids is 2. The Labute approximate surface area is 196 Å². The number of hydrogen-bond donors (Lipinski definition) is 0. The summed E-state index contributed by atoms with van der Waals surface area (Å²) in [5.74, 6) is 0.818. The lowest BCUT2D eigenvalue weighted by atomic mass is 10.0. The minimum absolute atomic E-state index is 0.283. The summed E-state index contributed by atoms with van der Waals surface area (Å²) in [7, 11) is 4.74. The molecule has 0 aliphatic rings. The van der Waals surface area contributed by atoms with Crippen LogP contribution >= 0.6 is 0 Å². The van der Waals surface area contributed by atoms with Crippen molar-refractivity contribution in [2.75, 3.05) is 27.9 Å². The first-order valence-electron chi connectivity index (χ1n) is 10.6. The molecule has 0 bridgehead atoms. The van der Waals surface area contributed by atoms with E-state index in [9.17, 15) is 9.59 Å². The first-order valence-corrected chi connectivity index (χ1v) is 10.6. The maximum atomic E-state index is 13.0. The maximum absolute atomic E-state index is 13.0. The number of carbonyl (C=O) groups is 2. The van der Waals surface area contributed by atoms with Gasteiger partial charge in [0.2, 0.25) is 0 Å². The van der Waals surface area contributed by atoms with Crippen molar-refractivity contribution in [1.82, 2.24) is 9.88 Å². The van der Waals surface area contributed by atoms with Crippen LogP contribution in [0.2, 0.25) is 0 Å². The van der Waals surface area contributed by atoms with E-state index in [2.05, 4.69) is 0 Å². The van der Waals surface area contributed by atoms with Gasteiger partial charge in [-0.25, -0.2) is 9.78 Å². The maximum Gasteiger partial charge on any atom is 0.339 e. The summed E-state index contributed by atoms with van der Waals surface area (Å²) < 4.78 is 21.3. The van der Waals surface area contributed by atoms with E-state index < -0.39 is 12.6 Å². The number of hydrogen-bond acceptors (Lipinski definition) is 7. The number of rotatable bonds is 8. The second-order valence-electron chi connectivity index (χ2n) is 7.55. The second kappa shape index (κ2) is 10.1. The van der Waals surface area contributed by atoms with E-state index in [-0.39, 0.29) is 12.5 Å². The van der Waals surface area contributed by atoms with E-state index in [0.29, 0.717) is 39.4 Å². The predicted molar refractivity (Wildman–Crippen MR) is 126 cm³/mol. The molecule has 8 heteroatoms. The Morgan fingerprint density at radius 3 is 2.50 bits per heavy atom. The Hall–Kier alpha value is -4.33. The van der Waals surface area contributed by atoms with E-state index in [0.717, 1.165) is 5.56 Å². The minimum atomic E-state index is -0.611. The number of para-hydroxylation sites is 1. The van der Waals surface area contributed by atoms with E-state index in [1.165, 1.54) is 11.2 Å². The molecule has 0 spiro atoms. The van der Waals surface area contributed by atoms with Gasteiger partial charge >= 0.3 is 5.97 Å². The predicted octanol–water partition coefficient (Wildman–Crippen LogP) is 4.33. The normalized spacial score (nSPS) is 10.7. The number of fused-ring (bicyclic) bond motifs is 1. The monoisotopic (exact) mass is 460 g/mol. The molecule has 0 atom stereocenters. The van der Waals surface area contributed by atoms with Gasteiger partial charge in [0, 0.05) is 18.0 Å². The second-order valence-corrected chi connectivity index (χ2v) is 7.55. The fraction of sp³-hybridized carbons (Fsp3) is 0.192. The van der Waals surface area contributed by atoms with Crippen LogP contribution < -0.4 is 9.47 Å². The Morgan fingerprint density at radius 1 is 0.971 bits per heavy atom. The van der Waals surface area contributed by atoms with Crippen LogP contribution in [0.1, 0.15) is 16.1 Å². The summed E-state index contributed by atoms with van der Waals surface area (Å²) in [6.45, 7) is -0.108. The number of ether oxygens (including phenoxy) is 3. The fourth-order valence-corrected chi connectivity index (χ4v) is 3.53. The highest BCUT2D eigenvalue weighted by Gasteiger charge is 2.19. The lowest BCUT2D eigenvalue weighted by Gasteiger charge is -2.16. The van der Waals surface area contributed by atoms with Gasteiger partial charge in [0.15, 0.2) is 18.1 Å². The van der Waals surface area contributed by atoms with Crippen LogP contribution in [-0.2, 0) is 16.1 Å². The lowest BCUT2D eigenvalue weighted by Crippen LogP contribution is -2.30. The number of pyridine rings is 1. The first-order chi connectivity index (χ1) is 16.5. The van der Waals surface area contributed by atoms with Gasteiger partial charge in [-0.1, -0.05) is 18.2 Å². The van der Waals surface area contributed by atoms with Crippen LogP contribution in [-0.4, -0.2) is 49.6 Å². The van der Waals surface area contributed by atoms with Crippen molar-refractivity contribution < 1.29 is 28.2 Å². The highest BCUT2D eigenvalue weighted by molar-refractivity contribution is 6.05. The third kappa shape index (κ3) is 4.85. The van der Waals surface area contributed by atoms with Crippen molar-refractivity contribution in [3.05, 3.63) is 78.3 Å². The topological polar surface area (TPSA) is 91.1 Å².